The fourth-order valence-corrected chi connectivity index (χ4v) is 4.33. The van der Waals surface area contributed by atoms with Crippen molar-refractivity contribution in [3.8, 4) is 5.75 Å². The Bertz CT molecular complexity index is 882. The summed E-state index contributed by atoms with van der Waals surface area (Å²) in [7, 11) is 3.60. The Balaban J connectivity index is 1.60. The van der Waals surface area contributed by atoms with Crippen LogP contribution in [0.3, 0.4) is 0 Å². The zero-order valence-electron chi connectivity index (χ0n) is 17.7. The number of hydrogen-bond donors (Lipinski definition) is 2. The molecule has 0 radical (unpaired) electrons. The van der Waals surface area contributed by atoms with Crippen LogP contribution in [0.2, 0.25) is 0 Å². The monoisotopic (exact) mass is 410 g/mol. The van der Waals surface area contributed by atoms with Crippen LogP contribution in [0.25, 0.3) is 0 Å². The van der Waals surface area contributed by atoms with Crippen LogP contribution >= 0.6 is 0 Å². The maximum absolute atomic E-state index is 13.1. The lowest BCUT2D eigenvalue weighted by molar-refractivity contribution is -0.132. The lowest BCUT2D eigenvalue weighted by Crippen LogP contribution is -2.43. The van der Waals surface area contributed by atoms with E-state index in [9.17, 15) is 4.79 Å². The molecule has 1 aromatic heterocycles. The lowest BCUT2D eigenvalue weighted by Gasteiger charge is -2.30. The third kappa shape index (κ3) is 4.33. The average molecular weight is 411 g/mol. The molecule has 0 saturated carbocycles. The molecule has 8 heteroatoms. The summed E-state index contributed by atoms with van der Waals surface area (Å²) in [6.45, 7) is 3.40. The number of anilines is 2. The van der Waals surface area contributed by atoms with E-state index < -0.39 is 0 Å². The first-order chi connectivity index (χ1) is 14.7. The maximum atomic E-state index is 13.1. The van der Waals surface area contributed by atoms with Gasteiger partial charge in [0.15, 0.2) is 0 Å². The minimum atomic E-state index is 0.151. The average Bonchev–Trinajstić information content (AvgIpc) is 3.11. The smallest absolute Gasteiger partial charge is 0.242 e. The fourth-order valence-electron chi connectivity index (χ4n) is 4.33. The van der Waals surface area contributed by atoms with Gasteiger partial charge in [0.25, 0.3) is 0 Å². The van der Waals surface area contributed by atoms with Crippen LogP contribution in [0.4, 0.5) is 11.6 Å². The molecular weight excluding hydrogens is 380 g/mol. The van der Waals surface area contributed by atoms with Crippen LogP contribution in [0, 0.1) is 0 Å². The Labute approximate surface area is 177 Å². The molecule has 4 rings (SSSR count). The van der Waals surface area contributed by atoms with Crippen molar-refractivity contribution >= 4 is 17.5 Å². The number of carbonyl (C=O) groups is 1. The van der Waals surface area contributed by atoms with Crippen LogP contribution < -0.4 is 20.3 Å². The Kier molecular flexibility index (Phi) is 6.32. The zero-order chi connectivity index (χ0) is 20.9. The van der Waals surface area contributed by atoms with Crippen molar-refractivity contribution in [3.63, 3.8) is 0 Å². The van der Waals surface area contributed by atoms with E-state index in [1.165, 1.54) is 0 Å². The highest BCUT2D eigenvalue weighted by molar-refractivity contribution is 5.84. The molecule has 2 aliphatic heterocycles. The highest BCUT2D eigenvalue weighted by Gasteiger charge is 2.31. The number of rotatable bonds is 5. The van der Waals surface area contributed by atoms with Crippen LogP contribution in [-0.2, 0) is 17.9 Å². The molecule has 1 fully saturated rings. The third-order valence-electron chi connectivity index (χ3n) is 5.93. The molecule has 1 saturated heterocycles. The molecule has 2 aliphatic rings. The molecule has 3 heterocycles. The fraction of sp³-hybridized carbons (Fsp3) is 0.500. The molecule has 30 heavy (non-hydrogen) atoms. The number of likely N-dealkylation sites (N-methyl/N-ethyl adjacent to an activating group) is 1. The molecule has 2 aromatic rings. The molecule has 2 N–H and O–H groups in total. The van der Waals surface area contributed by atoms with Gasteiger partial charge in [0, 0.05) is 25.2 Å². The summed E-state index contributed by atoms with van der Waals surface area (Å²) < 4.78 is 5.47. The molecule has 0 aliphatic carbocycles. The molecule has 1 amide bonds. The molecule has 1 unspecified atom stereocenters. The van der Waals surface area contributed by atoms with Crippen molar-refractivity contribution in [2.75, 3.05) is 44.0 Å². The number of methoxy groups -OCH3 is 1. The van der Waals surface area contributed by atoms with Gasteiger partial charge in [0.2, 0.25) is 5.91 Å². The van der Waals surface area contributed by atoms with Gasteiger partial charge in [-0.2, -0.15) is 0 Å². The second kappa shape index (κ2) is 9.30. The standard InChI is InChI=1S/C22H30N6O2/c1-27-14-20(29)28(17-7-5-10-23-11-9-17)13-18-21(25-15-26-22(18)27)24-12-16-6-3-4-8-19(16)30-2/h3-4,6,8,15,17,23H,5,7,9-14H2,1-2H3,(H,24,25,26). The van der Waals surface area contributed by atoms with Gasteiger partial charge in [-0.25, -0.2) is 9.97 Å². The molecule has 0 bridgehead atoms. The quantitative estimate of drug-likeness (QED) is 0.780. The van der Waals surface area contributed by atoms with Crippen molar-refractivity contribution in [1.82, 2.24) is 20.2 Å². The molecule has 8 nitrogen and oxygen atoms in total. The highest BCUT2D eigenvalue weighted by atomic mass is 16.5. The van der Waals surface area contributed by atoms with Crippen molar-refractivity contribution in [3.05, 3.63) is 41.7 Å². The number of nitrogens with zero attached hydrogens (tertiary/aromatic N) is 4. The van der Waals surface area contributed by atoms with Crippen molar-refractivity contribution in [2.45, 2.75) is 38.4 Å². The second-order valence-electron chi connectivity index (χ2n) is 7.90. The first-order valence-corrected chi connectivity index (χ1v) is 10.6. The summed E-state index contributed by atoms with van der Waals surface area (Å²) in [5.74, 6) is 2.57. The predicted octanol–water partition coefficient (Wildman–Crippen LogP) is 2.02. The largest absolute Gasteiger partial charge is 0.496 e. The highest BCUT2D eigenvalue weighted by Crippen LogP contribution is 2.30. The minimum Gasteiger partial charge on any atom is -0.496 e. The Morgan fingerprint density at radius 1 is 1.20 bits per heavy atom. The number of aromatic nitrogens is 2. The van der Waals surface area contributed by atoms with Gasteiger partial charge >= 0.3 is 0 Å². The van der Waals surface area contributed by atoms with E-state index in [4.69, 9.17) is 4.74 Å². The van der Waals surface area contributed by atoms with E-state index in [-0.39, 0.29) is 11.9 Å². The van der Waals surface area contributed by atoms with Crippen molar-refractivity contribution in [2.24, 2.45) is 0 Å². The summed E-state index contributed by atoms with van der Waals surface area (Å²) in [6.07, 6.45) is 4.65. The van der Waals surface area contributed by atoms with E-state index in [0.717, 1.165) is 60.9 Å². The van der Waals surface area contributed by atoms with Gasteiger partial charge in [0.05, 0.1) is 25.8 Å². The van der Waals surface area contributed by atoms with Crippen LogP contribution in [0.5, 0.6) is 5.75 Å². The number of amides is 1. The van der Waals surface area contributed by atoms with E-state index >= 15 is 0 Å². The normalized spacial score (nSPS) is 19.7. The summed E-state index contributed by atoms with van der Waals surface area (Å²) in [4.78, 5) is 26.0. The summed E-state index contributed by atoms with van der Waals surface area (Å²) in [5, 5.41) is 6.89. The van der Waals surface area contributed by atoms with Gasteiger partial charge in [-0.05, 0) is 38.4 Å². The first-order valence-electron chi connectivity index (χ1n) is 10.6. The lowest BCUT2D eigenvalue weighted by atomic mass is 10.1. The maximum Gasteiger partial charge on any atom is 0.242 e. The number of benzene rings is 1. The molecule has 160 valence electrons. The number of fused-ring (bicyclic) bond motifs is 1. The van der Waals surface area contributed by atoms with E-state index in [1.807, 2.05) is 41.1 Å². The number of carbonyl (C=O) groups excluding carboxylic acids is 1. The van der Waals surface area contributed by atoms with Gasteiger partial charge in [0.1, 0.15) is 23.7 Å². The minimum absolute atomic E-state index is 0.151. The van der Waals surface area contributed by atoms with Gasteiger partial charge in [-0.15, -0.1) is 0 Å². The van der Waals surface area contributed by atoms with Crippen molar-refractivity contribution < 1.29 is 9.53 Å². The molecule has 1 atom stereocenters. The summed E-state index contributed by atoms with van der Waals surface area (Å²) in [5.41, 5.74) is 2.02. The SMILES string of the molecule is COc1ccccc1CNc1ncnc2c1CN(C1CCCNCC1)C(=O)CN2C. The number of nitrogens with one attached hydrogen (secondary N) is 2. The zero-order valence-corrected chi connectivity index (χ0v) is 17.7. The van der Waals surface area contributed by atoms with Gasteiger partial charge in [-0.3, -0.25) is 4.79 Å². The first kappa shape index (κ1) is 20.4. The Hall–Kier alpha value is -2.87. The van der Waals surface area contributed by atoms with Gasteiger partial charge in [-0.1, -0.05) is 18.2 Å². The Morgan fingerprint density at radius 2 is 2.07 bits per heavy atom. The van der Waals surface area contributed by atoms with E-state index in [0.29, 0.717) is 19.6 Å². The van der Waals surface area contributed by atoms with E-state index in [2.05, 4.69) is 20.6 Å². The molecule has 0 spiro atoms. The van der Waals surface area contributed by atoms with Gasteiger partial charge < -0.3 is 25.2 Å². The summed E-state index contributed by atoms with van der Waals surface area (Å²) in [6, 6.07) is 8.18. The van der Waals surface area contributed by atoms with Crippen LogP contribution in [0.1, 0.15) is 30.4 Å². The molecule has 1 aromatic carbocycles. The van der Waals surface area contributed by atoms with E-state index in [1.54, 1.807) is 13.4 Å². The number of ether oxygens (including phenoxy) is 1. The third-order valence-corrected chi connectivity index (χ3v) is 5.93. The predicted molar refractivity (Wildman–Crippen MR) is 117 cm³/mol. The Morgan fingerprint density at radius 3 is 2.93 bits per heavy atom. The van der Waals surface area contributed by atoms with Crippen molar-refractivity contribution in [1.29, 1.82) is 0 Å². The molecular formula is C22H30N6O2. The van der Waals surface area contributed by atoms with Crippen LogP contribution in [0.15, 0.2) is 30.6 Å². The summed E-state index contributed by atoms with van der Waals surface area (Å²) >= 11 is 0. The second-order valence-corrected chi connectivity index (χ2v) is 7.90. The van der Waals surface area contributed by atoms with Crippen LogP contribution in [-0.4, -0.2) is 60.6 Å². The number of hydrogen-bond acceptors (Lipinski definition) is 7. The number of para-hydroxylation sites is 1. The topological polar surface area (TPSA) is 82.6 Å².